The number of thiophene rings is 1. The maximum atomic E-state index is 12.0. The van der Waals surface area contributed by atoms with Gasteiger partial charge in [-0.05, 0) is 24.3 Å². The summed E-state index contributed by atoms with van der Waals surface area (Å²) < 4.78 is 0. The Bertz CT molecular complexity index is 552. The average Bonchev–Trinajstić information content (AvgIpc) is 3.10. The molecule has 0 unspecified atom stereocenters. The summed E-state index contributed by atoms with van der Waals surface area (Å²) in [7, 11) is 0. The van der Waals surface area contributed by atoms with E-state index in [2.05, 4.69) is 22.5 Å². The first-order valence-corrected chi connectivity index (χ1v) is 7.42. The molecule has 0 spiro atoms. The highest BCUT2D eigenvalue weighted by molar-refractivity contribution is 7.12. The fourth-order valence-electron chi connectivity index (χ4n) is 1.63. The third-order valence-corrected chi connectivity index (χ3v) is 3.69. The van der Waals surface area contributed by atoms with Gasteiger partial charge in [0.25, 0.3) is 5.91 Å². The number of hydrogen-bond acceptors (Lipinski definition) is 4. The lowest BCUT2D eigenvalue weighted by atomic mass is 10.2. The summed E-state index contributed by atoms with van der Waals surface area (Å²) in [5.41, 5.74) is 6.00. The summed E-state index contributed by atoms with van der Waals surface area (Å²) >= 11 is 1.33. The molecule has 0 saturated heterocycles. The van der Waals surface area contributed by atoms with Crippen molar-refractivity contribution in [2.45, 2.75) is 25.3 Å². The van der Waals surface area contributed by atoms with E-state index in [-0.39, 0.29) is 18.4 Å². The maximum Gasteiger partial charge on any atom is 0.262 e. The molecular weight excluding hydrogens is 274 g/mol. The molecule has 1 aromatic heterocycles. The van der Waals surface area contributed by atoms with Crippen molar-refractivity contribution in [3.8, 4) is 11.8 Å². The molecule has 1 fully saturated rings. The van der Waals surface area contributed by atoms with E-state index in [0.717, 1.165) is 12.8 Å². The summed E-state index contributed by atoms with van der Waals surface area (Å²) in [6.45, 7) is 0.595. The normalized spacial score (nSPS) is 13.2. The van der Waals surface area contributed by atoms with Gasteiger partial charge >= 0.3 is 0 Å². The fourth-order valence-corrected chi connectivity index (χ4v) is 2.39. The van der Waals surface area contributed by atoms with Crippen molar-refractivity contribution in [2.75, 3.05) is 13.1 Å². The van der Waals surface area contributed by atoms with Gasteiger partial charge in [0.15, 0.2) is 0 Å². The summed E-state index contributed by atoms with van der Waals surface area (Å²) in [4.78, 5) is 24.0. The van der Waals surface area contributed by atoms with Gasteiger partial charge in [-0.25, -0.2) is 0 Å². The topological polar surface area (TPSA) is 84.2 Å². The Kier molecular flexibility index (Phi) is 5.16. The van der Waals surface area contributed by atoms with Crippen molar-refractivity contribution in [3.63, 3.8) is 0 Å². The van der Waals surface area contributed by atoms with Crippen molar-refractivity contribution in [3.05, 3.63) is 21.9 Å². The lowest BCUT2D eigenvalue weighted by Crippen LogP contribution is -2.31. The number of hydrogen-bond donors (Lipinski definition) is 3. The van der Waals surface area contributed by atoms with Gasteiger partial charge in [-0.3, -0.25) is 9.59 Å². The molecule has 0 atom stereocenters. The van der Waals surface area contributed by atoms with Crippen LogP contribution in [0.2, 0.25) is 0 Å². The standard InChI is InChI=1S/C14H17N3O2S/c15-7-1-2-10-6-9-20-13(10)14(19)16-8-5-12(18)17-11-3-4-11/h6,9,11H,3-5,7-8,15H2,(H,16,19)(H,17,18). The zero-order chi connectivity index (χ0) is 14.4. The van der Waals surface area contributed by atoms with Crippen LogP contribution in [-0.4, -0.2) is 30.9 Å². The highest BCUT2D eigenvalue weighted by Gasteiger charge is 2.22. The Balaban J connectivity index is 1.79. The fraction of sp³-hybridized carbons (Fsp3) is 0.429. The third kappa shape index (κ3) is 4.37. The van der Waals surface area contributed by atoms with Gasteiger partial charge < -0.3 is 16.4 Å². The molecule has 2 rings (SSSR count). The molecule has 106 valence electrons. The molecular formula is C14H17N3O2S. The summed E-state index contributed by atoms with van der Waals surface area (Å²) in [6, 6.07) is 2.15. The molecule has 6 heteroatoms. The second kappa shape index (κ2) is 7.08. The van der Waals surface area contributed by atoms with E-state index >= 15 is 0 Å². The van der Waals surface area contributed by atoms with Gasteiger partial charge in [0, 0.05) is 24.6 Å². The summed E-state index contributed by atoms with van der Waals surface area (Å²) in [5, 5.41) is 7.43. The van der Waals surface area contributed by atoms with Crippen LogP contribution in [0.3, 0.4) is 0 Å². The smallest absolute Gasteiger partial charge is 0.262 e. The Morgan fingerprint density at radius 3 is 2.95 bits per heavy atom. The minimum atomic E-state index is -0.194. The van der Waals surface area contributed by atoms with Crippen molar-refractivity contribution >= 4 is 23.2 Å². The second-order valence-electron chi connectivity index (χ2n) is 4.52. The van der Waals surface area contributed by atoms with Crippen LogP contribution in [0.15, 0.2) is 11.4 Å². The average molecular weight is 291 g/mol. The molecule has 2 amide bonds. The van der Waals surface area contributed by atoms with Crippen molar-refractivity contribution in [2.24, 2.45) is 5.73 Å². The molecule has 1 aliphatic rings. The van der Waals surface area contributed by atoms with E-state index in [1.54, 1.807) is 6.07 Å². The van der Waals surface area contributed by atoms with Gasteiger partial charge in [-0.1, -0.05) is 11.8 Å². The maximum absolute atomic E-state index is 12.0. The molecule has 1 aromatic rings. The van der Waals surface area contributed by atoms with Crippen LogP contribution in [0.25, 0.3) is 0 Å². The summed E-state index contributed by atoms with van der Waals surface area (Å²) in [5.74, 6) is 5.39. The monoisotopic (exact) mass is 291 g/mol. The summed E-state index contributed by atoms with van der Waals surface area (Å²) in [6.07, 6.45) is 2.43. The van der Waals surface area contributed by atoms with Crippen LogP contribution in [0, 0.1) is 11.8 Å². The minimum absolute atomic E-state index is 0.0119. The SMILES string of the molecule is NCC#Cc1ccsc1C(=O)NCCC(=O)NC1CC1. The first kappa shape index (κ1) is 14.6. The largest absolute Gasteiger partial charge is 0.353 e. The van der Waals surface area contributed by atoms with Crippen LogP contribution in [0.4, 0.5) is 0 Å². The molecule has 0 aromatic carbocycles. The Morgan fingerprint density at radius 1 is 1.45 bits per heavy atom. The van der Waals surface area contributed by atoms with E-state index in [9.17, 15) is 9.59 Å². The Morgan fingerprint density at radius 2 is 2.25 bits per heavy atom. The van der Waals surface area contributed by atoms with Gasteiger partial charge in [-0.2, -0.15) is 0 Å². The predicted octanol–water partition coefficient (Wildman–Crippen LogP) is 0.457. The lowest BCUT2D eigenvalue weighted by Gasteiger charge is -2.05. The van der Waals surface area contributed by atoms with Crippen LogP contribution in [0.1, 0.15) is 34.5 Å². The number of nitrogens with two attached hydrogens (primary N) is 1. The molecule has 4 N–H and O–H groups in total. The highest BCUT2D eigenvalue weighted by atomic mass is 32.1. The minimum Gasteiger partial charge on any atom is -0.353 e. The molecule has 20 heavy (non-hydrogen) atoms. The first-order valence-electron chi connectivity index (χ1n) is 6.54. The van der Waals surface area contributed by atoms with E-state index in [1.807, 2.05) is 5.38 Å². The lowest BCUT2D eigenvalue weighted by molar-refractivity contribution is -0.121. The van der Waals surface area contributed by atoms with Crippen LogP contribution in [-0.2, 0) is 4.79 Å². The number of carbonyl (C=O) groups excluding carboxylic acids is 2. The van der Waals surface area contributed by atoms with E-state index < -0.39 is 0 Å². The molecule has 1 heterocycles. The number of rotatable bonds is 5. The van der Waals surface area contributed by atoms with E-state index in [1.165, 1.54) is 11.3 Å². The van der Waals surface area contributed by atoms with Crippen molar-refractivity contribution in [1.29, 1.82) is 0 Å². The van der Waals surface area contributed by atoms with Crippen molar-refractivity contribution < 1.29 is 9.59 Å². The van der Waals surface area contributed by atoms with Crippen LogP contribution in [0.5, 0.6) is 0 Å². The number of amides is 2. The second-order valence-corrected chi connectivity index (χ2v) is 5.43. The Hall–Kier alpha value is -1.84. The zero-order valence-corrected chi connectivity index (χ0v) is 11.9. The van der Waals surface area contributed by atoms with Crippen LogP contribution < -0.4 is 16.4 Å². The molecule has 1 saturated carbocycles. The highest BCUT2D eigenvalue weighted by Crippen LogP contribution is 2.18. The molecule has 1 aliphatic carbocycles. The number of carbonyl (C=O) groups is 2. The third-order valence-electron chi connectivity index (χ3n) is 2.78. The molecule has 0 bridgehead atoms. The van der Waals surface area contributed by atoms with Gasteiger partial charge in [-0.15, -0.1) is 11.3 Å². The van der Waals surface area contributed by atoms with Crippen LogP contribution >= 0.6 is 11.3 Å². The Labute approximate surface area is 121 Å². The van der Waals surface area contributed by atoms with Gasteiger partial charge in [0.1, 0.15) is 4.88 Å². The molecule has 5 nitrogen and oxygen atoms in total. The molecule has 0 radical (unpaired) electrons. The van der Waals surface area contributed by atoms with E-state index in [4.69, 9.17) is 5.73 Å². The zero-order valence-electron chi connectivity index (χ0n) is 11.1. The van der Waals surface area contributed by atoms with E-state index in [0.29, 0.717) is 29.4 Å². The number of nitrogens with one attached hydrogen (secondary N) is 2. The molecule has 0 aliphatic heterocycles. The quantitative estimate of drug-likeness (QED) is 0.689. The van der Waals surface area contributed by atoms with Gasteiger partial charge in [0.2, 0.25) is 5.91 Å². The predicted molar refractivity (Wildman–Crippen MR) is 78.4 cm³/mol. The first-order chi connectivity index (χ1) is 9.70. The van der Waals surface area contributed by atoms with Crippen molar-refractivity contribution in [1.82, 2.24) is 10.6 Å². The van der Waals surface area contributed by atoms with Gasteiger partial charge in [0.05, 0.1) is 6.54 Å².